The Labute approximate surface area is 114 Å². The number of aryl methyl sites for hydroxylation is 1. The first-order chi connectivity index (χ1) is 9.02. The molecule has 106 valence electrons. The fourth-order valence-corrected chi connectivity index (χ4v) is 4.37. The van der Waals surface area contributed by atoms with E-state index in [1.54, 1.807) is 0 Å². The van der Waals surface area contributed by atoms with Crippen LogP contribution in [0.25, 0.3) is 0 Å². The first kappa shape index (κ1) is 14.3. The Morgan fingerprint density at radius 2 is 2.16 bits per heavy atom. The van der Waals surface area contributed by atoms with Crippen LogP contribution in [0.2, 0.25) is 0 Å². The summed E-state index contributed by atoms with van der Waals surface area (Å²) < 4.78 is 28.7. The van der Waals surface area contributed by atoms with E-state index in [0.29, 0.717) is 13.0 Å². The summed E-state index contributed by atoms with van der Waals surface area (Å²) in [6, 6.07) is 7.68. The van der Waals surface area contributed by atoms with Gasteiger partial charge >= 0.3 is 0 Å². The van der Waals surface area contributed by atoms with Gasteiger partial charge in [0.15, 0.2) is 9.84 Å². The summed E-state index contributed by atoms with van der Waals surface area (Å²) >= 11 is 0. The van der Waals surface area contributed by atoms with E-state index in [2.05, 4.69) is 0 Å². The maximum Gasteiger partial charge on any atom is 0.150 e. The molecule has 1 aliphatic heterocycles. The van der Waals surface area contributed by atoms with Crippen LogP contribution in [0.3, 0.4) is 0 Å². The summed E-state index contributed by atoms with van der Waals surface area (Å²) in [4.78, 5) is 0. The topological polar surface area (TPSA) is 63.6 Å². The van der Waals surface area contributed by atoms with Crippen LogP contribution in [-0.4, -0.2) is 38.2 Å². The summed E-state index contributed by atoms with van der Waals surface area (Å²) in [5, 5.41) is 9.43. The third-order valence-corrected chi connectivity index (χ3v) is 5.51. The van der Waals surface area contributed by atoms with Gasteiger partial charge in [-0.25, -0.2) is 8.42 Å². The molecule has 0 amide bonds. The van der Waals surface area contributed by atoms with Crippen molar-refractivity contribution in [2.75, 3.05) is 24.7 Å². The Morgan fingerprint density at radius 1 is 1.42 bits per heavy atom. The molecule has 1 aromatic rings. The molecule has 19 heavy (non-hydrogen) atoms. The molecule has 0 spiro atoms. The minimum Gasteiger partial charge on any atom is -0.493 e. The van der Waals surface area contributed by atoms with Crippen molar-refractivity contribution in [3.63, 3.8) is 0 Å². The SMILES string of the molecule is Cc1ccccc1OCC(CO)C1CCS(=O)(=O)C1. The number of sulfone groups is 1. The highest BCUT2D eigenvalue weighted by atomic mass is 32.2. The van der Waals surface area contributed by atoms with Crippen molar-refractivity contribution in [3.8, 4) is 5.75 Å². The third kappa shape index (κ3) is 3.70. The van der Waals surface area contributed by atoms with Crippen LogP contribution in [0.15, 0.2) is 24.3 Å². The van der Waals surface area contributed by atoms with Gasteiger partial charge in [0, 0.05) is 12.5 Å². The number of para-hydroxylation sites is 1. The number of aliphatic hydroxyl groups excluding tert-OH is 1. The van der Waals surface area contributed by atoms with Crippen molar-refractivity contribution in [2.24, 2.45) is 11.8 Å². The lowest BCUT2D eigenvalue weighted by Gasteiger charge is -2.21. The molecule has 1 heterocycles. The van der Waals surface area contributed by atoms with E-state index in [9.17, 15) is 13.5 Å². The van der Waals surface area contributed by atoms with Crippen molar-refractivity contribution in [1.29, 1.82) is 0 Å². The van der Waals surface area contributed by atoms with Gasteiger partial charge in [0.05, 0.1) is 18.1 Å². The molecule has 0 aliphatic carbocycles. The van der Waals surface area contributed by atoms with E-state index in [-0.39, 0.29) is 29.9 Å². The lowest BCUT2D eigenvalue weighted by atomic mass is 9.93. The van der Waals surface area contributed by atoms with Gasteiger partial charge in [-0.15, -0.1) is 0 Å². The van der Waals surface area contributed by atoms with Gasteiger partial charge < -0.3 is 9.84 Å². The number of hydrogen-bond donors (Lipinski definition) is 1. The molecule has 2 unspecified atom stereocenters. The zero-order chi connectivity index (χ0) is 13.9. The van der Waals surface area contributed by atoms with Gasteiger partial charge in [-0.2, -0.15) is 0 Å². The molecule has 1 aromatic carbocycles. The molecule has 1 fully saturated rings. The highest BCUT2D eigenvalue weighted by molar-refractivity contribution is 7.91. The average Bonchev–Trinajstić information content (AvgIpc) is 2.73. The fraction of sp³-hybridized carbons (Fsp3) is 0.571. The first-order valence-electron chi connectivity index (χ1n) is 6.51. The third-order valence-electron chi connectivity index (χ3n) is 3.72. The molecule has 1 N–H and O–H groups in total. The zero-order valence-electron chi connectivity index (χ0n) is 11.1. The molecule has 2 atom stereocenters. The molecule has 0 bridgehead atoms. The monoisotopic (exact) mass is 284 g/mol. The quantitative estimate of drug-likeness (QED) is 0.888. The van der Waals surface area contributed by atoms with Crippen LogP contribution in [0.1, 0.15) is 12.0 Å². The van der Waals surface area contributed by atoms with Gasteiger partial charge in [-0.3, -0.25) is 0 Å². The smallest absolute Gasteiger partial charge is 0.150 e. The van der Waals surface area contributed by atoms with Gasteiger partial charge in [0.25, 0.3) is 0 Å². The highest BCUT2D eigenvalue weighted by Gasteiger charge is 2.33. The number of aliphatic hydroxyl groups is 1. The maximum absolute atomic E-state index is 11.5. The molecule has 5 heteroatoms. The van der Waals surface area contributed by atoms with E-state index in [0.717, 1.165) is 11.3 Å². The first-order valence-corrected chi connectivity index (χ1v) is 8.33. The molecule has 0 radical (unpaired) electrons. The summed E-state index contributed by atoms with van der Waals surface area (Å²) in [6.45, 7) is 2.29. The lowest BCUT2D eigenvalue weighted by Crippen LogP contribution is -2.26. The summed E-state index contributed by atoms with van der Waals surface area (Å²) in [6.07, 6.45) is 0.630. The van der Waals surface area contributed by atoms with E-state index < -0.39 is 9.84 Å². The van der Waals surface area contributed by atoms with Gasteiger partial charge in [-0.1, -0.05) is 18.2 Å². The van der Waals surface area contributed by atoms with Crippen LogP contribution in [0.5, 0.6) is 5.75 Å². The second-order valence-corrected chi connectivity index (χ2v) is 7.41. The Balaban J connectivity index is 1.95. The Kier molecular flexibility index (Phi) is 4.47. The van der Waals surface area contributed by atoms with Gasteiger partial charge in [-0.05, 0) is 30.9 Å². The second kappa shape index (κ2) is 5.92. The highest BCUT2D eigenvalue weighted by Crippen LogP contribution is 2.27. The van der Waals surface area contributed by atoms with E-state index in [1.807, 2.05) is 31.2 Å². The van der Waals surface area contributed by atoms with Crippen LogP contribution in [0.4, 0.5) is 0 Å². The number of ether oxygens (including phenoxy) is 1. The van der Waals surface area contributed by atoms with Crippen molar-refractivity contribution in [3.05, 3.63) is 29.8 Å². The normalized spacial score (nSPS) is 23.2. The fourth-order valence-electron chi connectivity index (χ4n) is 2.45. The number of rotatable bonds is 5. The molecular weight excluding hydrogens is 264 g/mol. The predicted octanol–water partition coefficient (Wildman–Crippen LogP) is 1.42. The lowest BCUT2D eigenvalue weighted by molar-refractivity contribution is 0.125. The molecule has 0 saturated carbocycles. The second-order valence-electron chi connectivity index (χ2n) is 5.18. The Hall–Kier alpha value is -1.07. The Morgan fingerprint density at radius 3 is 2.74 bits per heavy atom. The summed E-state index contributed by atoms with van der Waals surface area (Å²) in [7, 11) is -2.91. The van der Waals surface area contributed by atoms with Crippen molar-refractivity contribution < 1.29 is 18.3 Å². The molecule has 4 nitrogen and oxygen atoms in total. The molecule has 0 aromatic heterocycles. The van der Waals surface area contributed by atoms with Crippen LogP contribution >= 0.6 is 0 Å². The average molecular weight is 284 g/mol. The van der Waals surface area contributed by atoms with Crippen LogP contribution in [0, 0.1) is 18.8 Å². The molecular formula is C14H20O4S. The summed E-state index contributed by atoms with van der Waals surface area (Å²) in [5.41, 5.74) is 1.04. The van der Waals surface area contributed by atoms with Crippen LogP contribution in [-0.2, 0) is 9.84 Å². The molecule has 1 aliphatic rings. The predicted molar refractivity (Wildman–Crippen MR) is 74.0 cm³/mol. The van der Waals surface area contributed by atoms with Crippen molar-refractivity contribution in [1.82, 2.24) is 0 Å². The van der Waals surface area contributed by atoms with Gasteiger partial charge in [0.1, 0.15) is 5.75 Å². The van der Waals surface area contributed by atoms with E-state index >= 15 is 0 Å². The largest absolute Gasteiger partial charge is 0.493 e. The van der Waals surface area contributed by atoms with E-state index in [4.69, 9.17) is 4.74 Å². The minimum absolute atomic E-state index is 0.0130. The Bertz CT molecular complexity index is 524. The maximum atomic E-state index is 11.5. The molecule has 1 saturated heterocycles. The number of hydrogen-bond acceptors (Lipinski definition) is 4. The van der Waals surface area contributed by atoms with E-state index in [1.165, 1.54) is 0 Å². The number of benzene rings is 1. The summed E-state index contributed by atoms with van der Waals surface area (Å²) in [5.74, 6) is 1.10. The standard InChI is InChI=1S/C14H20O4S/c1-11-4-2-3-5-14(11)18-9-13(8-15)12-6-7-19(16,17)10-12/h2-5,12-13,15H,6-10H2,1H3. The zero-order valence-corrected chi connectivity index (χ0v) is 11.9. The van der Waals surface area contributed by atoms with Gasteiger partial charge in [0.2, 0.25) is 0 Å². The van der Waals surface area contributed by atoms with Crippen molar-refractivity contribution >= 4 is 9.84 Å². The molecule has 2 rings (SSSR count). The minimum atomic E-state index is -2.91. The van der Waals surface area contributed by atoms with Crippen LogP contribution < -0.4 is 4.74 Å². The van der Waals surface area contributed by atoms with Crippen molar-refractivity contribution in [2.45, 2.75) is 13.3 Å².